The van der Waals surface area contributed by atoms with Gasteiger partial charge in [0, 0.05) is 49.4 Å². The largest absolute Gasteiger partial charge is 0.487 e. The molecule has 4 aliphatic rings. The Bertz CT molecular complexity index is 1970. The third kappa shape index (κ3) is 8.26. The predicted molar refractivity (Wildman–Crippen MR) is 215 cm³/mol. The normalized spacial score (nSPS) is 24.8. The zero-order valence-electron chi connectivity index (χ0n) is 33.2. The zero-order valence-corrected chi connectivity index (χ0v) is 33.2. The minimum atomic E-state index is -1.36. The number of allylic oxidation sites excluding steroid dienone is 1. The first-order valence-corrected chi connectivity index (χ1v) is 20.2. The van der Waals surface area contributed by atoms with Crippen molar-refractivity contribution < 1.29 is 43.5 Å². The number of unbranched alkanes of at least 4 members (excludes halogenated alkanes) is 2. The number of aliphatic hydroxyl groups excluding tert-OH is 2. The van der Waals surface area contributed by atoms with E-state index in [1.54, 1.807) is 36.2 Å². The topological polar surface area (TPSA) is 141 Å². The van der Waals surface area contributed by atoms with E-state index in [-0.39, 0.29) is 50.3 Å². The van der Waals surface area contributed by atoms with Gasteiger partial charge in [-0.25, -0.2) is 0 Å². The third-order valence-corrected chi connectivity index (χ3v) is 11.7. The summed E-state index contributed by atoms with van der Waals surface area (Å²) in [6.45, 7) is 9.05. The van der Waals surface area contributed by atoms with Crippen LogP contribution in [0.4, 0.5) is 0 Å². The van der Waals surface area contributed by atoms with Crippen molar-refractivity contribution in [2.45, 2.75) is 83.1 Å². The molecule has 6 atom stereocenters. The van der Waals surface area contributed by atoms with Crippen LogP contribution in [0.1, 0.15) is 85.1 Å². The van der Waals surface area contributed by atoms with Gasteiger partial charge in [-0.2, -0.15) is 0 Å². The first-order valence-electron chi connectivity index (χ1n) is 20.2. The summed E-state index contributed by atoms with van der Waals surface area (Å²) in [6, 6.07) is 16.4. The summed E-state index contributed by atoms with van der Waals surface area (Å²) in [5, 5.41) is 24.5. The minimum Gasteiger partial charge on any atom is -0.487 e. The maximum Gasteiger partial charge on any atom is 0.254 e. The maximum absolute atomic E-state index is 14.6. The number of aromatic nitrogens is 1. The van der Waals surface area contributed by atoms with E-state index >= 15 is 0 Å². The Kier molecular flexibility index (Phi) is 12.8. The Labute approximate surface area is 335 Å². The van der Waals surface area contributed by atoms with Crippen LogP contribution in [0.3, 0.4) is 0 Å². The number of rotatable bonds is 18. The van der Waals surface area contributed by atoms with E-state index in [2.05, 4.69) is 23.7 Å². The van der Waals surface area contributed by atoms with Gasteiger partial charge in [0.2, 0.25) is 12.6 Å². The first-order chi connectivity index (χ1) is 27.8. The number of carbonyl (C=O) groups excluding carboxylic acids is 1. The fraction of sp³-hybridized carbons (Fsp3) is 0.489. The van der Waals surface area contributed by atoms with E-state index < -0.39 is 17.7 Å². The number of ether oxygens (including phenoxy) is 5. The molecule has 7 rings (SSSR count). The van der Waals surface area contributed by atoms with Gasteiger partial charge in [0.25, 0.3) is 5.91 Å². The highest BCUT2D eigenvalue weighted by molar-refractivity contribution is 6.03. The molecule has 12 nitrogen and oxygen atoms in total. The molecule has 2 aliphatic heterocycles. The summed E-state index contributed by atoms with van der Waals surface area (Å²) in [5.74, 6) is 0.482. The van der Waals surface area contributed by atoms with Crippen molar-refractivity contribution in [1.29, 1.82) is 0 Å². The van der Waals surface area contributed by atoms with Gasteiger partial charge in [0.05, 0.1) is 23.9 Å². The van der Waals surface area contributed by atoms with Crippen molar-refractivity contribution in [3.8, 4) is 23.0 Å². The Balaban J connectivity index is 1.38. The van der Waals surface area contributed by atoms with Gasteiger partial charge in [0.1, 0.15) is 30.8 Å². The van der Waals surface area contributed by atoms with E-state index in [1.165, 1.54) is 0 Å². The van der Waals surface area contributed by atoms with Crippen LogP contribution in [0, 0.1) is 24.7 Å². The van der Waals surface area contributed by atoms with Gasteiger partial charge in [0.15, 0.2) is 11.5 Å². The van der Waals surface area contributed by atoms with Gasteiger partial charge in [-0.05, 0) is 105 Å². The van der Waals surface area contributed by atoms with Gasteiger partial charge in [-0.15, -0.1) is 6.58 Å². The summed E-state index contributed by atoms with van der Waals surface area (Å²) < 4.78 is 31.8. The molecule has 3 heterocycles. The average Bonchev–Trinajstić information content (AvgIpc) is 3.70. The smallest absolute Gasteiger partial charge is 0.254 e. The number of likely N-dealkylation sites (N-methyl/N-ethyl adjacent to an activating group) is 1. The molecular formula is C45H55N3O9. The molecule has 0 unspecified atom stereocenters. The highest BCUT2D eigenvalue weighted by Crippen LogP contribution is 2.62. The molecule has 1 fully saturated rings. The molecule has 0 saturated heterocycles. The van der Waals surface area contributed by atoms with Crippen molar-refractivity contribution in [2.24, 2.45) is 22.9 Å². The van der Waals surface area contributed by atoms with Crippen LogP contribution in [-0.4, -0.2) is 83.8 Å². The van der Waals surface area contributed by atoms with Crippen LogP contribution in [0.2, 0.25) is 0 Å². The lowest BCUT2D eigenvalue weighted by atomic mass is 9.55. The van der Waals surface area contributed by atoms with E-state index in [1.807, 2.05) is 44.2 Å². The van der Waals surface area contributed by atoms with Crippen LogP contribution >= 0.6 is 0 Å². The molecule has 2 aliphatic carbocycles. The number of oxime groups is 1. The number of aliphatic hydroxyl groups is 2. The number of nitrogens with zero attached hydrogens (tertiary/aromatic N) is 3. The van der Waals surface area contributed by atoms with Crippen LogP contribution in [0.15, 0.2) is 84.1 Å². The molecule has 1 saturated carbocycles. The monoisotopic (exact) mass is 781 g/mol. The molecular weight excluding hydrogens is 727 g/mol. The van der Waals surface area contributed by atoms with Gasteiger partial charge < -0.3 is 43.6 Å². The molecule has 0 bridgehead atoms. The molecule has 3 aromatic rings. The number of benzene rings is 2. The number of pyridine rings is 1. The average molecular weight is 782 g/mol. The lowest BCUT2D eigenvalue weighted by Crippen LogP contribution is -2.69. The number of fused-ring (bicyclic) bond motifs is 3. The Hall–Kier alpha value is -4.91. The van der Waals surface area contributed by atoms with Crippen molar-refractivity contribution >= 4 is 11.6 Å². The molecule has 0 spiro atoms. The summed E-state index contributed by atoms with van der Waals surface area (Å²) in [7, 11) is 1.78. The van der Waals surface area contributed by atoms with E-state index in [9.17, 15) is 15.0 Å². The first kappa shape index (κ1) is 40.3. The Morgan fingerprint density at radius 2 is 1.82 bits per heavy atom. The molecule has 304 valence electrons. The van der Waals surface area contributed by atoms with E-state index in [0.717, 1.165) is 53.9 Å². The van der Waals surface area contributed by atoms with Crippen LogP contribution in [0.25, 0.3) is 0 Å². The van der Waals surface area contributed by atoms with Gasteiger partial charge >= 0.3 is 0 Å². The molecule has 2 aromatic carbocycles. The SMILES string of the molecule is C=CCO[C@@]12Oc3ccc(OCc4cccc(C)n4)cc3[C@H]3[C@H](CCCCO)[C@@H](CCCCO)C=C(C(=NOCC)C[C@@H]1N(C)C(=O)c1ccc4c(c1)OCO4)[C@H]32. The number of aryl methyl sites for hydroxylation is 1. The second kappa shape index (κ2) is 18.1. The Morgan fingerprint density at radius 3 is 2.60 bits per heavy atom. The minimum absolute atomic E-state index is 0.0917. The summed E-state index contributed by atoms with van der Waals surface area (Å²) >= 11 is 0. The van der Waals surface area contributed by atoms with Gasteiger partial charge in [-0.3, -0.25) is 9.78 Å². The van der Waals surface area contributed by atoms with Gasteiger partial charge in [-0.1, -0.05) is 36.2 Å². The molecule has 2 N–H and O–H groups in total. The lowest BCUT2D eigenvalue weighted by molar-refractivity contribution is -0.252. The van der Waals surface area contributed by atoms with Crippen LogP contribution < -0.4 is 18.9 Å². The standard InChI is InChI=1S/C45H55N3O9/c1-5-22-55-45-41(48(4)44(51)31-16-18-39-40(24-31)54-28-53-39)26-37(47-56-6-2)35-23-30(13-7-9-20-49)34(15-8-10-21-50)42(43(35)45)36-25-33(17-19-38(36)57-45)52-27-32-14-11-12-29(3)46-32/h5,11-12,14,16-19,23-25,30,34,41-43,49-50H,1,6-10,13,15,20-22,26-28H2,2-4H3/t30-,34+,41-,42+,43+,45+/m0/s1. The lowest BCUT2D eigenvalue weighted by Gasteiger charge is -2.59. The Morgan fingerprint density at radius 1 is 1.04 bits per heavy atom. The number of hydrogen-bond acceptors (Lipinski definition) is 11. The van der Waals surface area contributed by atoms with Crippen molar-refractivity contribution in [3.05, 3.63) is 101 Å². The third-order valence-electron chi connectivity index (χ3n) is 11.7. The van der Waals surface area contributed by atoms with E-state index in [0.29, 0.717) is 61.0 Å². The highest BCUT2D eigenvalue weighted by atomic mass is 16.7. The number of amides is 1. The van der Waals surface area contributed by atoms with Crippen LogP contribution in [0.5, 0.6) is 23.0 Å². The summed E-state index contributed by atoms with van der Waals surface area (Å²) in [6.07, 6.45) is 9.08. The quantitative estimate of drug-likeness (QED) is 0.0779. The molecule has 0 radical (unpaired) electrons. The molecule has 1 amide bonds. The number of hydrogen-bond donors (Lipinski definition) is 2. The predicted octanol–water partition coefficient (Wildman–Crippen LogP) is 7.12. The highest BCUT2D eigenvalue weighted by Gasteiger charge is 2.65. The molecule has 1 aromatic heterocycles. The number of carbonyl (C=O) groups is 1. The maximum atomic E-state index is 14.6. The zero-order chi connectivity index (χ0) is 39.9. The van der Waals surface area contributed by atoms with Crippen molar-refractivity contribution in [2.75, 3.05) is 40.3 Å². The summed E-state index contributed by atoms with van der Waals surface area (Å²) in [5.41, 5.74) is 4.90. The fourth-order valence-electron chi connectivity index (χ4n) is 9.17. The molecule has 57 heavy (non-hydrogen) atoms. The summed E-state index contributed by atoms with van der Waals surface area (Å²) in [4.78, 5) is 26.8. The molecule has 12 heteroatoms. The van der Waals surface area contributed by atoms with Crippen LogP contribution in [-0.2, 0) is 16.2 Å². The second-order valence-electron chi connectivity index (χ2n) is 15.2. The van der Waals surface area contributed by atoms with Crippen molar-refractivity contribution in [1.82, 2.24) is 9.88 Å². The van der Waals surface area contributed by atoms with Crippen molar-refractivity contribution in [3.63, 3.8) is 0 Å². The van der Waals surface area contributed by atoms with E-state index in [4.69, 9.17) is 33.7 Å². The fourth-order valence-corrected chi connectivity index (χ4v) is 9.17. The second-order valence-corrected chi connectivity index (χ2v) is 15.2.